The Morgan fingerprint density at radius 1 is 1.17 bits per heavy atom. The Bertz CT molecular complexity index is 1200. The van der Waals surface area contributed by atoms with Crippen LogP contribution in [-0.2, 0) is 6.54 Å². The summed E-state index contributed by atoms with van der Waals surface area (Å²) in [5.41, 5.74) is 5.87. The molecule has 6 heteroatoms. The first-order chi connectivity index (χ1) is 13.9. The molecule has 4 rings (SSSR count). The van der Waals surface area contributed by atoms with Gasteiger partial charge in [0.05, 0.1) is 17.1 Å². The molecule has 1 aliphatic heterocycles. The van der Waals surface area contributed by atoms with Gasteiger partial charge >= 0.3 is 4.87 Å². The van der Waals surface area contributed by atoms with E-state index in [-0.39, 0.29) is 17.3 Å². The average molecular weight is 407 g/mol. The van der Waals surface area contributed by atoms with E-state index in [0.29, 0.717) is 11.5 Å². The van der Waals surface area contributed by atoms with Gasteiger partial charge in [0.2, 0.25) is 5.88 Å². The second kappa shape index (κ2) is 7.72. The molecule has 0 aliphatic carbocycles. The molecular formula is C23H22N2O3S. The molecule has 0 radical (unpaired) electrons. The molecule has 0 unspecified atom stereocenters. The van der Waals surface area contributed by atoms with E-state index < -0.39 is 0 Å². The van der Waals surface area contributed by atoms with Gasteiger partial charge in [-0.15, -0.1) is 0 Å². The van der Waals surface area contributed by atoms with Gasteiger partial charge in [-0.1, -0.05) is 41.7 Å². The summed E-state index contributed by atoms with van der Waals surface area (Å²) in [6.07, 6.45) is 1.84. The molecular weight excluding hydrogens is 384 g/mol. The number of allylic oxidation sites excluding steroid dienone is 1. The average Bonchev–Trinajstić information content (AvgIpc) is 3.15. The summed E-state index contributed by atoms with van der Waals surface area (Å²) in [4.78, 5) is 17.3. The summed E-state index contributed by atoms with van der Waals surface area (Å²) in [5.74, 6) is 0.763. The molecule has 0 saturated heterocycles. The van der Waals surface area contributed by atoms with Crippen LogP contribution >= 0.6 is 11.3 Å². The Morgan fingerprint density at radius 2 is 1.97 bits per heavy atom. The summed E-state index contributed by atoms with van der Waals surface area (Å²) in [7, 11) is 0. The van der Waals surface area contributed by atoms with Crippen LogP contribution in [0.1, 0.15) is 28.5 Å². The fraction of sp³-hybridized carbons (Fsp3) is 0.217. The normalized spacial score (nSPS) is 14.2. The van der Waals surface area contributed by atoms with E-state index in [9.17, 15) is 9.90 Å². The molecule has 0 saturated carbocycles. The maximum atomic E-state index is 12.4. The highest BCUT2D eigenvalue weighted by molar-refractivity contribution is 7.10. The monoisotopic (exact) mass is 406 g/mol. The fourth-order valence-electron chi connectivity index (χ4n) is 3.36. The van der Waals surface area contributed by atoms with Crippen molar-refractivity contribution in [2.45, 2.75) is 27.3 Å². The number of nitrogens with zero attached hydrogens (tertiary/aromatic N) is 2. The first kappa shape index (κ1) is 19.2. The second-order valence-electron chi connectivity index (χ2n) is 7.10. The molecule has 2 heterocycles. The van der Waals surface area contributed by atoms with Crippen molar-refractivity contribution in [1.29, 1.82) is 0 Å². The summed E-state index contributed by atoms with van der Waals surface area (Å²) in [5, 5.41) is 10.6. The van der Waals surface area contributed by atoms with Gasteiger partial charge < -0.3 is 9.84 Å². The molecule has 1 aliphatic rings. The predicted molar refractivity (Wildman–Crippen MR) is 119 cm³/mol. The number of aromatic nitrogens is 1. The largest absolute Gasteiger partial charge is 0.493 e. The van der Waals surface area contributed by atoms with Gasteiger partial charge in [0.25, 0.3) is 0 Å². The topological polar surface area (TPSA) is 63.8 Å². The molecule has 5 nitrogen and oxygen atoms in total. The van der Waals surface area contributed by atoms with Crippen LogP contribution in [0.3, 0.4) is 0 Å². The lowest BCUT2D eigenvalue weighted by Gasteiger charge is -2.10. The molecule has 0 bridgehead atoms. The van der Waals surface area contributed by atoms with Crippen LogP contribution in [-0.4, -0.2) is 22.0 Å². The number of aliphatic imine (C=N–C) groups is 1. The molecule has 1 N–H and O–H groups in total. The second-order valence-corrected chi connectivity index (χ2v) is 8.09. The minimum absolute atomic E-state index is 0.0331. The third kappa shape index (κ3) is 3.76. The number of hydrogen-bond acceptors (Lipinski definition) is 5. The lowest BCUT2D eigenvalue weighted by atomic mass is 10.0. The van der Waals surface area contributed by atoms with E-state index in [1.807, 2.05) is 69.3 Å². The number of aryl methyl sites for hydroxylation is 2. The molecule has 3 aromatic rings. The molecule has 0 amide bonds. The SMILES string of the molecule is CC1=Nc2ccccc2/C1=C\c1sc(=O)n(CCOc2cc(C)ccc2C)c1O. The number of rotatable bonds is 5. The maximum absolute atomic E-state index is 12.4. The van der Waals surface area contributed by atoms with Gasteiger partial charge in [0.15, 0.2) is 0 Å². The van der Waals surface area contributed by atoms with Crippen LogP contribution in [0.25, 0.3) is 11.6 Å². The highest BCUT2D eigenvalue weighted by Gasteiger charge is 2.20. The van der Waals surface area contributed by atoms with Crippen molar-refractivity contribution in [2.75, 3.05) is 6.61 Å². The number of para-hydroxylation sites is 1. The standard InChI is InChI=1S/C23H22N2O3S/c1-14-8-9-15(2)20(12-14)28-11-10-25-22(26)21(29-23(25)27)13-18-16(3)24-19-7-5-4-6-17(18)19/h4-9,12-13,26H,10-11H2,1-3H3/b18-13-. The zero-order valence-corrected chi connectivity index (χ0v) is 17.4. The molecule has 0 fully saturated rings. The summed E-state index contributed by atoms with van der Waals surface area (Å²) in [6.45, 7) is 6.50. The Morgan fingerprint density at radius 3 is 2.79 bits per heavy atom. The smallest absolute Gasteiger partial charge is 0.310 e. The van der Waals surface area contributed by atoms with Crippen molar-refractivity contribution < 1.29 is 9.84 Å². The van der Waals surface area contributed by atoms with Crippen LogP contribution in [0, 0.1) is 13.8 Å². The van der Waals surface area contributed by atoms with Gasteiger partial charge in [-0.2, -0.15) is 0 Å². The van der Waals surface area contributed by atoms with Crippen molar-refractivity contribution in [1.82, 2.24) is 4.57 Å². The molecule has 0 spiro atoms. The van der Waals surface area contributed by atoms with Crippen LogP contribution in [0.2, 0.25) is 0 Å². The fourth-order valence-corrected chi connectivity index (χ4v) is 4.22. The minimum atomic E-state index is -0.209. The third-order valence-corrected chi connectivity index (χ3v) is 5.87. The first-order valence-electron chi connectivity index (χ1n) is 9.43. The summed E-state index contributed by atoms with van der Waals surface area (Å²) < 4.78 is 7.19. The van der Waals surface area contributed by atoms with Crippen molar-refractivity contribution >= 4 is 34.4 Å². The Hall–Kier alpha value is -3.12. The minimum Gasteiger partial charge on any atom is -0.493 e. The number of hydrogen-bond donors (Lipinski definition) is 1. The van der Waals surface area contributed by atoms with Gasteiger partial charge in [-0.05, 0) is 50.1 Å². The number of ether oxygens (including phenoxy) is 1. The highest BCUT2D eigenvalue weighted by Crippen LogP contribution is 2.37. The lowest BCUT2D eigenvalue weighted by molar-refractivity contribution is 0.284. The zero-order chi connectivity index (χ0) is 20.5. The van der Waals surface area contributed by atoms with E-state index in [1.54, 1.807) is 0 Å². The number of aromatic hydroxyl groups is 1. The number of benzene rings is 2. The Balaban J connectivity index is 1.55. The lowest BCUT2D eigenvalue weighted by Crippen LogP contribution is -2.17. The van der Waals surface area contributed by atoms with Crippen LogP contribution in [0.15, 0.2) is 52.3 Å². The van der Waals surface area contributed by atoms with Crippen molar-refractivity contribution in [3.63, 3.8) is 0 Å². The van der Waals surface area contributed by atoms with Crippen molar-refractivity contribution in [2.24, 2.45) is 4.99 Å². The van der Waals surface area contributed by atoms with E-state index >= 15 is 0 Å². The predicted octanol–water partition coefficient (Wildman–Crippen LogP) is 4.96. The van der Waals surface area contributed by atoms with Gasteiger partial charge in [-0.3, -0.25) is 14.4 Å². The third-order valence-electron chi connectivity index (χ3n) is 4.96. The van der Waals surface area contributed by atoms with Gasteiger partial charge in [0, 0.05) is 16.8 Å². The van der Waals surface area contributed by atoms with Crippen LogP contribution < -0.4 is 9.61 Å². The van der Waals surface area contributed by atoms with Crippen LogP contribution in [0.5, 0.6) is 11.6 Å². The molecule has 29 heavy (non-hydrogen) atoms. The number of thiazole rings is 1. The quantitative estimate of drug-likeness (QED) is 0.651. The molecule has 148 valence electrons. The van der Waals surface area contributed by atoms with E-state index in [2.05, 4.69) is 4.99 Å². The van der Waals surface area contributed by atoms with Gasteiger partial charge in [0.1, 0.15) is 12.4 Å². The van der Waals surface area contributed by atoms with Crippen LogP contribution in [0.4, 0.5) is 5.69 Å². The molecule has 0 atom stereocenters. The van der Waals surface area contributed by atoms with E-state index in [4.69, 9.17) is 4.74 Å². The summed E-state index contributed by atoms with van der Waals surface area (Å²) >= 11 is 1.03. The van der Waals surface area contributed by atoms with E-state index in [1.165, 1.54) is 4.57 Å². The Labute approximate surface area is 173 Å². The summed E-state index contributed by atoms with van der Waals surface area (Å²) in [6, 6.07) is 13.9. The van der Waals surface area contributed by atoms with Crippen molar-refractivity contribution in [3.8, 4) is 11.6 Å². The Kier molecular flexibility index (Phi) is 5.11. The number of fused-ring (bicyclic) bond motifs is 1. The molecule has 2 aromatic carbocycles. The van der Waals surface area contributed by atoms with Crippen molar-refractivity contribution in [3.05, 3.63) is 73.7 Å². The first-order valence-corrected chi connectivity index (χ1v) is 10.2. The van der Waals surface area contributed by atoms with E-state index in [0.717, 1.165) is 50.7 Å². The van der Waals surface area contributed by atoms with Gasteiger partial charge in [-0.25, -0.2) is 0 Å². The highest BCUT2D eigenvalue weighted by atomic mass is 32.1. The zero-order valence-electron chi connectivity index (χ0n) is 16.6. The molecule has 1 aromatic heterocycles. The maximum Gasteiger partial charge on any atom is 0.310 e.